The topological polar surface area (TPSA) is 29.1 Å². The lowest BCUT2D eigenvalue weighted by Gasteiger charge is -2.13. The fraction of sp³-hybridized carbons (Fsp3) is 0.278. The highest BCUT2D eigenvalue weighted by molar-refractivity contribution is 5.97. The normalized spacial score (nSPS) is 18.1. The second-order valence-electron chi connectivity index (χ2n) is 5.34. The van der Waals surface area contributed by atoms with Gasteiger partial charge in [-0.15, -0.1) is 0 Å². The van der Waals surface area contributed by atoms with Crippen LogP contribution in [0.1, 0.15) is 36.0 Å². The summed E-state index contributed by atoms with van der Waals surface area (Å²) in [5.41, 5.74) is 4.67. The molecular weight excluding hydrogens is 246 g/mol. The molecule has 0 aliphatic carbocycles. The maximum absolute atomic E-state index is 12.4. The van der Waals surface area contributed by atoms with E-state index in [2.05, 4.69) is 24.4 Å². The molecule has 1 heterocycles. The van der Waals surface area contributed by atoms with Crippen molar-refractivity contribution in [2.75, 3.05) is 5.32 Å². The van der Waals surface area contributed by atoms with Gasteiger partial charge in [0.15, 0.2) is 0 Å². The highest BCUT2D eigenvalue weighted by Gasteiger charge is 2.24. The van der Waals surface area contributed by atoms with Crippen molar-refractivity contribution in [2.45, 2.75) is 32.1 Å². The summed E-state index contributed by atoms with van der Waals surface area (Å²) in [6, 6.07) is 16.4. The van der Waals surface area contributed by atoms with E-state index < -0.39 is 0 Å². The van der Waals surface area contributed by atoms with Gasteiger partial charge in [0, 0.05) is 5.69 Å². The first-order chi connectivity index (χ1) is 9.78. The van der Waals surface area contributed by atoms with Crippen LogP contribution in [-0.2, 0) is 17.6 Å². The largest absolute Gasteiger partial charge is 0.325 e. The molecule has 1 amide bonds. The van der Waals surface area contributed by atoms with Gasteiger partial charge in [-0.05, 0) is 42.0 Å². The van der Waals surface area contributed by atoms with E-state index in [4.69, 9.17) is 0 Å². The Kier molecular flexibility index (Phi) is 3.55. The summed E-state index contributed by atoms with van der Waals surface area (Å²) >= 11 is 0. The van der Waals surface area contributed by atoms with E-state index in [1.807, 2.05) is 36.4 Å². The molecule has 20 heavy (non-hydrogen) atoms. The van der Waals surface area contributed by atoms with Crippen molar-refractivity contribution in [1.29, 1.82) is 0 Å². The molecule has 0 bridgehead atoms. The van der Waals surface area contributed by atoms with Crippen LogP contribution in [0.25, 0.3) is 0 Å². The molecule has 1 aliphatic heterocycles. The second-order valence-corrected chi connectivity index (χ2v) is 5.34. The molecule has 2 nitrogen and oxygen atoms in total. The van der Waals surface area contributed by atoms with Crippen molar-refractivity contribution < 1.29 is 4.79 Å². The van der Waals surface area contributed by atoms with Gasteiger partial charge in [0.25, 0.3) is 0 Å². The van der Waals surface area contributed by atoms with Gasteiger partial charge in [-0.2, -0.15) is 0 Å². The van der Waals surface area contributed by atoms with Crippen molar-refractivity contribution in [1.82, 2.24) is 0 Å². The average Bonchev–Trinajstić information content (AvgIpc) is 2.65. The number of fused-ring (bicyclic) bond motifs is 1. The van der Waals surface area contributed by atoms with Crippen molar-refractivity contribution in [3.8, 4) is 0 Å². The number of anilines is 1. The number of aryl methyl sites for hydroxylation is 2. The Morgan fingerprint density at radius 1 is 1.15 bits per heavy atom. The number of hydrogen-bond donors (Lipinski definition) is 1. The first kappa shape index (κ1) is 12.9. The number of benzene rings is 2. The van der Waals surface area contributed by atoms with Crippen LogP contribution in [0, 0.1) is 0 Å². The van der Waals surface area contributed by atoms with Gasteiger partial charge < -0.3 is 5.32 Å². The second kappa shape index (κ2) is 5.49. The molecule has 0 aromatic heterocycles. The third kappa shape index (κ3) is 2.46. The molecule has 2 aromatic rings. The number of rotatable bonds is 2. The monoisotopic (exact) mass is 265 g/mol. The van der Waals surface area contributed by atoms with Crippen LogP contribution in [0.4, 0.5) is 5.69 Å². The van der Waals surface area contributed by atoms with Crippen LogP contribution >= 0.6 is 0 Å². The minimum absolute atomic E-state index is 0.0475. The lowest BCUT2D eigenvalue weighted by Crippen LogP contribution is -2.19. The number of nitrogens with one attached hydrogen (secondary N) is 1. The molecule has 2 heteroatoms. The number of carbonyl (C=O) groups is 1. The maximum Gasteiger partial charge on any atom is 0.231 e. The molecule has 0 spiro atoms. The summed E-state index contributed by atoms with van der Waals surface area (Å²) < 4.78 is 0. The standard InChI is InChI=1S/C18H19NO/c1-2-13-8-11-17-15(12-13)9-10-16(18(20)19-17)14-6-4-3-5-7-14/h3-8,11-12,16H,2,9-10H2,1H3,(H,19,20)/t16-/m1/s1. The molecule has 102 valence electrons. The summed E-state index contributed by atoms with van der Waals surface area (Å²) in [7, 11) is 0. The number of amides is 1. The zero-order chi connectivity index (χ0) is 13.9. The minimum atomic E-state index is -0.0475. The van der Waals surface area contributed by atoms with Crippen LogP contribution in [0.3, 0.4) is 0 Å². The van der Waals surface area contributed by atoms with Gasteiger partial charge >= 0.3 is 0 Å². The molecule has 1 atom stereocenters. The van der Waals surface area contributed by atoms with Gasteiger partial charge in [0.2, 0.25) is 5.91 Å². The summed E-state index contributed by atoms with van der Waals surface area (Å²) in [4.78, 5) is 12.4. The van der Waals surface area contributed by atoms with Gasteiger partial charge in [0.1, 0.15) is 0 Å². The Hall–Kier alpha value is -2.09. The highest BCUT2D eigenvalue weighted by Crippen LogP contribution is 2.30. The Morgan fingerprint density at radius 2 is 1.95 bits per heavy atom. The van der Waals surface area contributed by atoms with E-state index in [0.29, 0.717) is 0 Å². The molecule has 0 unspecified atom stereocenters. The van der Waals surface area contributed by atoms with Crippen molar-refractivity contribution >= 4 is 11.6 Å². The SMILES string of the molecule is CCc1ccc2c(c1)CC[C@H](c1ccccc1)C(=O)N2. The minimum Gasteiger partial charge on any atom is -0.325 e. The summed E-state index contributed by atoms with van der Waals surface area (Å²) in [5.74, 6) is 0.0628. The first-order valence-electron chi connectivity index (χ1n) is 7.25. The molecule has 0 saturated heterocycles. The third-order valence-electron chi connectivity index (χ3n) is 4.06. The molecule has 0 saturated carbocycles. The number of carbonyl (C=O) groups excluding carboxylic acids is 1. The van der Waals surface area contributed by atoms with E-state index in [9.17, 15) is 4.79 Å². The van der Waals surface area contributed by atoms with Crippen molar-refractivity contribution in [3.63, 3.8) is 0 Å². The molecule has 3 rings (SSSR count). The van der Waals surface area contributed by atoms with E-state index in [0.717, 1.165) is 30.5 Å². The number of hydrogen-bond acceptors (Lipinski definition) is 1. The maximum atomic E-state index is 12.4. The van der Waals surface area contributed by atoms with Crippen LogP contribution in [-0.4, -0.2) is 5.91 Å². The van der Waals surface area contributed by atoms with E-state index >= 15 is 0 Å². The summed E-state index contributed by atoms with van der Waals surface area (Å²) in [5, 5.41) is 3.08. The van der Waals surface area contributed by atoms with Crippen LogP contribution in [0.2, 0.25) is 0 Å². The zero-order valence-corrected chi connectivity index (χ0v) is 11.7. The van der Waals surface area contributed by atoms with Crippen LogP contribution < -0.4 is 5.32 Å². The average molecular weight is 265 g/mol. The van der Waals surface area contributed by atoms with Gasteiger partial charge in [-0.25, -0.2) is 0 Å². The highest BCUT2D eigenvalue weighted by atomic mass is 16.1. The summed E-state index contributed by atoms with van der Waals surface area (Å²) in [6.45, 7) is 2.16. The van der Waals surface area contributed by atoms with Gasteiger partial charge in [-0.1, -0.05) is 49.4 Å². The predicted octanol–water partition coefficient (Wildman–Crippen LogP) is 3.92. The molecule has 1 N–H and O–H groups in total. The molecular formula is C18H19NO. The van der Waals surface area contributed by atoms with Crippen molar-refractivity contribution in [3.05, 3.63) is 65.2 Å². The van der Waals surface area contributed by atoms with E-state index in [1.165, 1.54) is 11.1 Å². The Balaban J connectivity index is 1.90. The van der Waals surface area contributed by atoms with Crippen LogP contribution in [0.5, 0.6) is 0 Å². The molecule has 0 radical (unpaired) electrons. The molecule has 2 aromatic carbocycles. The lowest BCUT2D eigenvalue weighted by molar-refractivity contribution is -0.117. The zero-order valence-electron chi connectivity index (χ0n) is 11.7. The first-order valence-corrected chi connectivity index (χ1v) is 7.25. The Morgan fingerprint density at radius 3 is 2.70 bits per heavy atom. The molecule has 1 aliphatic rings. The predicted molar refractivity (Wildman–Crippen MR) is 82.0 cm³/mol. The smallest absolute Gasteiger partial charge is 0.231 e. The Labute approximate surface area is 119 Å². The van der Waals surface area contributed by atoms with Crippen molar-refractivity contribution in [2.24, 2.45) is 0 Å². The van der Waals surface area contributed by atoms with Gasteiger partial charge in [0.05, 0.1) is 5.92 Å². The third-order valence-corrected chi connectivity index (χ3v) is 4.06. The fourth-order valence-corrected chi connectivity index (χ4v) is 2.85. The van der Waals surface area contributed by atoms with Gasteiger partial charge in [-0.3, -0.25) is 4.79 Å². The quantitative estimate of drug-likeness (QED) is 0.876. The Bertz CT molecular complexity index is 619. The van der Waals surface area contributed by atoms with E-state index in [1.54, 1.807) is 0 Å². The van der Waals surface area contributed by atoms with Crippen LogP contribution in [0.15, 0.2) is 48.5 Å². The lowest BCUT2D eigenvalue weighted by atomic mass is 9.92. The summed E-state index contributed by atoms with van der Waals surface area (Å²) in [6.07, 6.45) is 2.85. The fourth-order valence-electron chi connectivity index (χ4n) is 2.85. The van der Waals surface area contributed by atoms with E-state index in [-0.39, 0.29) is 11.8 Å². The molecule has 0 fully saturated rings.